The molecular weight excluding hydrogens is 326 g/mol. The molecule has 0 saturated heterocycles. The van der Waals surface area contributed by atoms with Gasteiger partial charge in [0.15, 0.2) is 22.7 Å². The van der Waals surface area contributed by atoms with Crippen LogP contribution in [0.15, 0.2) is 28.7 Å². The molecule has 1 heterocycles. The third kappa shape index (κ3) is 2.81. The molecule has 1 aliphatic rings. The van der Waals surface area contributed by atoms with Gasteiger partial charge in [-0.1, -0.05) is 12.8 Å². The van der Waals surface area contributed by atoms with Crippen LogP contribution in [-0.4, -0.2) is 13.2 Å². The number of hydrogen-bond acceptors (Lipinski definition) is 3. The molecule has 1 aliphatic carbocycles. The Bertz CT molecular complexity index is 910. The highest BCUT2D eigenvalue weighted by molar-refractivity contribution is 6.06. The molecule has 0 unspecified atom stereocenters. The fraction of sp³-hybridized carbons (Fsp3) is 0.400. The van der Waals surface area contributed by atoms with Gasteiger partial charge in [-0.25, -0.2) is 0 Å². The van der Waals surface area contributed by atoms with E-state index < -0.39 is 11.6 Å². The molecule has 3 nitrogen and oxygen atoms in total. The maximum Gasteiger partial charge on any atom is 0.208 e. The maximum absolute atomic E-state index is 14.8. The highest BCUT2D eigenvalue weighted by Crippen LogP contribution is 2.38. The van der Waals surface area contributed by atoms with Crippen LogP contribution < -0.4 is 9.47 Å². The van der Waals surface area contributed by atoms with Gasteiger partial charge in [-0.05, 0) is 49.9 Å². The predicted molar refractivity (Wildman–Crippen MR) is 92.3 cm³/mol. The van der Waals surface area contributed by atoms with Crippen LogP contribution in [0.1, 0.15) is 32.6 Å². The van der Waals surface area contributed by atoms with E-state index in [2.05, 4.69) is 0 Å². The first-order chi connectivity index (χ1) is 12.2. The minimum Gasteiger partial charge on any atom is -0.491 e. The van der Waals surface area contributed by atoms with Crippen LogP contribution in [0.3, 0.4) is 0 Å². The maximum atomic E-state index is 14.8. The molecule has 0 bridgehead atoms. The molecule has 4 rings (SSSR count). The van der Waals surface area contributed by atoms with Crippen molar-refractivity contribution in [1.82, 2.24) is 0 Å². The Hall–Kier alpha value is -2.30. The molecule has 2 aromatic carbocycles. The smallest absolute Gasteiger partial charge is 0.208 e. The highest BCUT2D eigenvalue weighted by atomic mass is 19.1. The number of fused-ring (bicyclic) bond motifs is 3. The lowest BCUT2D eigenvalue weighted by atomic mass is 10.1. The van der Waals surface area contributed by atoms with Gasteiger partial charge in [0.1, 0.15) is 0 Å². The third-order valence-electron chi connectivity index (χ3n) is 4.87. The van der Waals surface area contributed by atoms with E-state index in [0.717, 1.165) is 12.8 Å². The van der Waals surface area contributed by atoms with E-state index in [1.54, 1.807) is 31.2 Å². The summed E-state index contributed by atoms with van der Waals surface area (Å²) in [5.74, 6) is -0.444. The lowest BCUT2D eigenvalue weighted by Crippen LogP contribution is -2.08. The van der Waals surface area contributed by atoms with Crippen molar-refractivity contribution in [2.24, 2.45) is 5.92 Å². The summed E-state index contributed by atoms with van der Waals surface area (Å²) in [4.78, 5) is 0. The van der Waals surface area contributed by atoms with Gasteiger partial charge in [0.25, 0.3) is 0 Å². The lowest BCUT2D eigenvalue weighted by Gasteiger charge is -2.11. The second kappa shape index (κ2) is 6.54. The normalized spacial score (nSPS) is 15.3. The van der Waals surface area contributed by atoms with E-state index in [1.165, 1.54) is 12.8 Å². The number of benzene rings is 2. The quantitative estimate of drug-likeness (QED) is 0.582. The zero-order valence-corrected chi connectivity index (χ0v) is 14.1. The Kier molecular flexibility index (Phi) is 4.24. The van der Waals surface area contributed by atoms with E-state index >= 15 is 0 Å². The summed E-state index contributed by atoms with van der Waals surface area (Å²) in [6, 6.07) is 6.54. The van der Waals surface area contributed by atoms with Crippen LogP contribution in [0.2, 0.25) is 0 Å². The lowest BCUT2D eigenvalue weighted by molar-refractivity contribution is 0.242. The summed E-state index contributed by atoms with van der Waals surface area (Å²) in [6.45, 7) is 2.62. The van der Waals surface area contributed by atoms with Gasteiger partial charge >= 0.3 is 0 Å². The zero-order chi connectivity index (χ0) is 17.4. The topological polar surface area (TPSA) is 31.6 Å². The van der Waals surface area contributed by atoms with Crippen LogP contribution in [0.25, 0.3) is 21.9 Å². The molecule has 25 heavy (non-hydrogen) atoms. The molecule has 132 valence electrons. The van der Waals surface area contributed by atoms with Gasteiger partial charge in [0.2, 0.25) is 11.6 Å². The number of halogens is 2. The first-order valence-corrected chi connectivity index (χ1v) is 8.78. The van der Waals surface area contributed by atoms with Crippen LogP contribution >= 0.6 is 0 Å². The van der Waals surface area contributed by atoms with E-state index in [9.17, 15) is 8.78 Å². The standard InChI is InChI=1S/C20H20F2O3/c1-2-23-15-9-7-13-14-8-10-16(24-11-12-5-3-4-6-12)18(22)20(14)25-19(13)17(15)21/h7-10,12H,2-6,11H2,1H3. The number of rotatable bonds is 5. The largest absolute Gasteiger partial charge is 0.491 e. The van der Waals surface area contributed by atoms with Crippen LogP contribution in [-0.2, 0) is 0 Å². The molecule has 0 radical (unpaired) electrons. The molecule has 0 spiro atoms. The molecular formula is C20H20F2O3. The zero-order valence-electron chi connectivity index (χ0n) is 14.1. The van der Waals surface area contributed by atoms with Crippen molar-refractivity contribution in [3.63, 3.8) is 0 Å². The summed E-state index contributed by atoms with van der Waals surface area (Å²) in [5, 5.41) is 1.06. The summed E-state index contributed by atoms with van der Waals surface area (Å²) < 4.78 is 45.7. The van der Waals surface area contributed by atoms with Crippen molar-refractivity contribution < 1.29 is 22.7 Å². The van der Waals surface area contributed by atoms with Gasteiger partial charge in [0.05, 0.1) is 13.2 Å². The molecule has 5 heteroatoms. The van der Waals surface area contributed by atoms with E-state index in [0.29, 0.717) is 29.9 Å². The molecule has 1 fully saturated rings. The third-order valence-corrected chi connectivity index (χ3v) is 4.87. The van der Waals surface area contributed by atoms with Crippen molar-refractivity contribution in [3.05, 3.63) is 35.9 Å². The summed E-state index contributed by atoms with van der Waals surface area (Å²) in [5.41, 5.74) is 0.0271. The molecule has 3 aromatic rings. The Morgan fingerprint density at radius 1 is 0.920 bits per heavy atom. The predicted octanol–water partition coefficient (Wildman–Crippen LogP) is 5.83. The number of hydrogen-bond donors (Lipinski definition) is 0. The number of ether oxygens (including phenoxy) is 2. The van der Waals surface area contributed by atoms with Gasteiger partial charge in [0, 0.05) is 10.8 Å². The second-order valence-corrected chi connectivity index (χ2v) is 6.51. The van der Waals surface area contributed by atoms with Crippen molar-refractivity contribution in [1.29, 1.82) is 0 Å². The van der Waals surface area contributed by atoms with Gasteiger partial charge in [-0.15, -0.1) is 0 Å². The van der Waals surface area contributed by atoms with Crippen molar-refractivity contribution >= 4 is 21.9 Å². The SMILES string of the molecule is CCOc1ccc2c(oc3c(F)c(OCC4CCCC4)ccc32)c1F. The van der Waals surface area contributed by atoms with Gasteiger partial charge in [-0.3, -0.25) is 0 Å². The molecule has 1 aromatic heterocycles. The first-order valence-electron chi connectivity index (χ1n) is 8.78. The second-order valence-electron chi connectivity index (χ2n) is 6.51. The van der Waals surface area contributed by atoms with Crippen molar-refractivity contribution in [2.45, 2.75) is 32.6 Å². The summed E-state index contributed by atoms with van der Waals surface area (Å²) in [7, 11) is 0. The Morgan fingerprint density at radius 2 is 1.48 bits per heavy atom. The highest BCUT2D eigenvalue weighted by Gasteiger charge is 2.21. The van der Waals surface area contributed by atoms with Crippen LogP contribution in [0, 0.1) is 17.6 Å². The fourth-order valence-electron chi connectivity index (χ4n) is 3.56. The van der Waals surface area contributed by atoms with Gasteiger partial charge in [-0.2, -0.15) is 8.78 Å². The first kappa shape index (κ1) is 16.2. The fourth-order valence-corrected chi connectivity index (χ4v) is 3.56. The van der Waals surface area contributed by atoms with Crippen LogP contribution in [0.5, 0.6) is 11.5 Å². The minimum absolute atomic E-state index is 0.00722. The van der Waals surface area contributed by atoms with Crippen molar-refractivity contribution in [2.75, 3.05) is 13.2 Å². The Balaban J connectivity index is 1.72. The summed E-state index contributed by atoms with van der Waals surface area (Å²) in [6.07, 6.45) is 4.67. The molecule has 0 amide bonds. The van der Waals surface area contributed by atoms with E-state index in [1.807, 2.05) is 0 Å². The molecule has 0 N–H and O–H groups in total. The summed E-state index contributed by atoms with van der Waals surface area (Å²) >= 11 is 0. The molecule has 0 atom stereocenters. The van der Waals surface area contributed by atoms with Crippen LogP contribution in [0.4, 0.5) is 8.78 Å². The average Bonchev–Trinajstić information content (AvgIpc) is 3.25. The number of furan rings is 1. The van der Waals surface area contributed by atoms with Gasteiger partial charge < -0.3 is 13.9 Å². The Labute approximate surface area is 144 Å². The van der Waals surface area contributed by atoms with Crippen molar-refractivity contribution in [3.8, 4) is 11.5 Å². The molecule has 0 aliphatic heterocycles. The molecule has 1 saturated carbocycles. The van der Waals surface area contributed by atoms with E-state index in [4.69, 9.17) is 13.9 Å². The van der Waals surface area contributed by atoms with E-state index in [-0.39, 0.29) is 22.7 Å². The minimum atomic E-state index is -0.608. The monoisotopic (exact) mass is 346 g/mol. The Morgan fingerprint density at radius 3 is 2.04 bits per heavy atom. The average molecular weight is 346 g/mol.